The molecule has 2 atom stereocenters. The van der Waals surface area contributed by atoms with E-state index < -0.39 is 17.5 Å². The number of hydrogen-bond acceptors (Lipinski definition) is 3. The first-order valence-electron chi connectivity index (χ1n) is 6.67. The van der Waals surface area contributed by atoms with Gasteiger partial charge in [0.2, 0.25) is 0 Å². The molecule has 2 rings (SSSR count). The third-order valence-corrected chi connectivity index (χ3v) is 3.71. The van der Waals surface area contributed by atoms with E-state index in [1.54, 1.807) is 7.11 Å². The van der Waals surface area contributed by atoms with Gasteiger partial charge in [-0.2, -0.15) is 0 Å². The van der Waals surface area contributed by atoms with Gasteiger partial charge >= 0.3 is 0 Å². The van der Waals surface area contributed by atoms with Gasteiger partial charge in [-0.3, -0.25) is 4.90 Å². The van der Waals surface area contributed by atoms with Gasteiger partial charge in [-0.05, 0) is 37.1 Å². The van der Waals surface area contributed by atoms with Gasteiger partial charge in [-0.15, -0.1) is 0 Å². The first-order chi connectivity index (χ1) is 9.54. The third-order valence-electron chi connectivity index (χ3n) is 3.71. The van der Waals surface area contributed by atoms with Crippen LogP contribution in [0.5, 0.6) is 0 Å². The predicted octanol–water partition coefficient (Wildman–Crippen LogP) is 2.21. The van der Waals surface area contributed by atoms with Gasteiger partial charge in [0.25, 0.3) is 0 Å². The van der Waals surface area contributed by atoms with Crippen molar-refractivity contribution in [3.63, 3.8) is 0 Å². The molecule has 2 unspecified atom stereocenters. The summed E-state index contributed by atoms with van der Waals surface area (Å²) in [6.45, 7) is 1.91. The van der Waals surface area contributed by atoms with Gasteiger partial charge in [0.1, 0.15) is 0 Å². The second-order valence-electron chi connectivity index (χ2n) is 5.08. The summed E-state index contributed by atoms with van der Waals surface area (Å²) in [6.07, 6.45) is 1.70. The molecule has 0 aliphatic carbocycles. The van der Waals surface area contributed by atoms with Gasteiger partial charge < -0.3 is 10.5 Å². The fourth-order valence-electron chi connectivity index (χ4n) is 2.76. The summed E-state index contributed by atoms with van der Waals surface area (Å²) in [7, 11) is 1.59. The highest BCUT2D eigenvalue weighted by Gasteiger charge is 2.31. The van der Waals surface area contributed by atoms with Crippen LogP contribution < -0.4 is 5.73 Å². The summed E-state index contributed by atoms with van der Waals surface area (Å²) in [6, 6.07) is 1.52. The Kier molecular flexibility index (Phi) is 5.01. The largest absolute Gasteiger partial charge is 0.383 e. The molecule has 1 aromatic carbocycles. The maximum Gasteiger partial charge on any atom is 0.194 e. The Morgan fingerprint density at radius 1 is 1.30 bits per heavy atom. The Bertz CT molecular complexity index is 447. The molecule has 0 saturated carbocycles. The number of hydrogen-bond donors (Lipinski definition) is 1. The first-order valence-corrected chi connectivity index (χ1v) is 6.67. The van der Waals surface area contributed by atoms with Crippen molar-refractivity contribution in [2.75, 3.05) is 26.8 Å². The number of ether oxygens (including phenoxy) is 1. The minimum atomic E-state index is -1.44. The summed E-state index contributed by atoms with van der Waals surface area (Å²) in [5, 5.41) is 0. The van der Waals surface area contributed by atoms with E-state index in [9.17, 15) is 13.2 Å². The Balaban J connectivity index is 2.30. The Hall–Kier alpha value is -1.11. The van der Waals surface area contributed by atoms with Crippen LogP contribution in [0, 0.1) is 17.5 Å². The maximum absolute atomic E-state index is 13.4. The minimum Gasteiger partial charge on any atom is -0.383 e. The summed E-state index contributed by atoms with van der Waals surface area (Å²) >= 11 is 0. The predicted molar refractivity (Wildman–Crippen MR) is 69.7 cm³/mol. The summed E-state index contributed by atoms with van der Waals surface area (Å²) in [5.74, 6) is -3.80. The average Bonchev–Trinajstić information content (AvgIpc) is 2.42. The number of nitrogens with zero attached hydrogens (tertiary/aromatic N) is 1. The monoisotopic (exact) mass is 288 g/mol. The van der Waals surface area contributed by atoms with Crippen LogP contribution in [0.25, 0.3) is 0 Å². The van der Waals surface area contributed by atoms with E-state index in [1.165, 1.54) is 0 Å². The lowest BCUT2D eigenvalue weighted by Crippen LogP contribution is -2.47. The fourth-order valence-corrected chi connectivity index (χ4v) is 2.76. The first kappa shape index (κ1) is 15.3. The number of rotatable bonds is 4. The van der Waals surface area contributed by atoms with Crippen LogP contribution in [-0.2, 0) is 4.74 Å². The van der Waals surface area contributed by atoms with E-state index >= 15 is 0 Å². The molecule has 1 aliphatic heterocycles. The van der Waals surface area contributed by atoms with Crippen LogP contribution in [0.15, 0.2) is 12.1 Å². The van der Waals surface area contributed by atoms with Crippen molar-refractivity contribution in [1.82, 2.24) is 4.90 Å². The van der Waals surface area contributed by atoms with E-state index in [4.69, 9.17) is 10.5 Å². The molecule has 0 spiro atoms. The molecule has 1 aliphatic rings. The zero-order valence-corrected chi connectivity index (χ0v) is 11.4. The van der Waals surface area contributed by atoms with Crippen molar-refractivity contribution < 1.29 is 17.9 Å². The van der Waals surface area contributed by atoms with E-state index in [0.717, 1.165) is 31.5 Å². The Morgan fingerprint density at radius 2 is 1.95 bits per heavy atom. The minimum absolute atomic E-state index is 0.232. The Labute approximate surface area is 116 Å². The van der Waals surface area contributed by atoms with E-state index in [-0.39, 0.29) is 12.1 Å². The molecule has 20 heavy (non-hydrogen) atoms. The third kappa shape index (κ3) is 3.13. The van der Waals surface area contributed by atoms with Crippen LogP contribution in [0.1, 0.15) is 24.4 Å². The van der Waals surface area contributed by atoms with Crippen molar-refractivity contribution in [1.29, 1.82) is 0 Å². The van der Waals surface area contributed by atoms with E-state index in [0.29, 0.717) is 18.7 Å². The van der Waals surface area contributed by atoms with Crippen molar-refractivity contribution in [3.05, 3.63) is 35.1 Å². The molecular formula is C14H19F3N2O. The number of benzene rings is 1. The van der Waals surface area contributed by atoms with Crippen LogP contribution >= 0.6 is 0 Å². The molecule has 3 nitrogen and oxygen atoms in total. The lowest BCUT2D eigenvalue weighted by Gasteiger charge is -2.40. The molecule has 1 fully saturated rings. The van der Waals surface area contributed by atoms with E-state index in [1.807, 2.05) is 4.90 Å². The highest BCUT2D eigenvalue weighted by Crippen LogP contribution is 2.31. The summed E-state index contributed by atoms with van der Waals surface area (Å²) in [4.78, 5) is 2.03. The normalized spacial score (nSPS) is 24.1. The lowest BCUT2D eigenvalue weighted by molar-refractivity contribution is 0.0844. The zero-order chi connectivity index (χ0) is 14.7. The highest BCUT2D eigenvalue weighted by atomic mass is 19.2. The smallest absolute Gasteiger partial charge is 0.194 e. The average molecular weight is 288 g/mol. The number of piperidine rings is 1. The topological polar surface area (TPSA) is 38.5 Å². The van der Waals surface area contributed by atoms with Gasteiger partial charge in [0, 0.05) is 19.7 Å². The number of halogens is 3. The molecule has 1 heterocycles. The summed E-state index contributed by atoms with van der Waals surface area (Å²) in [5.41, 5.74) is 6.47. The van der Waals surface area contributed by atoms with Crippen molar-refractivity contribution in [3.8, 4) is 0 Å². The van der Waals surface area contributed by atoms with Crippen molar-refractivity contribution in [2.24, 2.45) is 5.73 Å². The van der Waals surface area contributed by atoms with Crippen LogP contribution in [0.2, 0.25) is 0 Å². The molecule has 0 radical (unpaired) electrons. The molecular weight excluding hydrogens is 269 g/mol. The number of likely N-dealkylation sites (tertiary alicyclic amines) is 1. The van der Waals surface area contributed by atoms with Crippen LogP contribution in [0.3, 0.4) is 0 Å². The molecule has 0 bridgehead atoms. The molecule has 0 amide bonds. The van der Waals surface area contributed by atoms with Gasteiger partial charge in [0.05, 0.1) is 12.6 Å². The quantitative estimate of drug-likeness (QED) is 0.863. The lowest BCUT2D eigenvalue weighted by atomic mass is 9.90. The highest BCUT2D eigenvalue weighted by molar-refractivity contribution is 5.24. The molecule has 6 heteroatoms. The van der Waals surface area contributed by atoms with Gasteiger partial charge in [0.15, 0.2) is 17.5 Å². The molecule has 0 aromatic heterocycles. The Morgan fingerprint density at radius 3 is 2.55 bits per heavy atom. The van der Waals surface area contributed by atoms with E-state index in [2.05, 4.69) is 0 Å². The van der Waals surface area contributed by atoms with Crippen molar-refractivity contribution in [2.45, 2.75) is 24.9 Å². The number of methoxy groups -OCH3 is 1. The SMILES string of the molecule is COCCN1CCCC(N)C1c1cc(F)c(F)c(F)c1. The van der Waals surface area contributed by atoms with Crippen LogP contribution in [0.4, 0.5) is 13.2 Å². The second kappa shape index (κ2) is 6.56. The number of nitrogens with two attached hydrogens (primary N) is 1. The molecule has 2 N–H and O–H groups in total. The van der Waals surface area contributed by atoms with Crippen molar-refractivity contribution >= 4 is 0 Å². The maximum atomic E-state index is 13.4. The summed E-state index contributed by atoms with van der Waals surface area (Å²) < 4.78 is 44.9. The second-order valence-corrected chi connectivity index (χ2v) is 5.08. The van der Waals surface area contributed by atoms with Gasteiger partial charge in [-0.25, -0.2) is 13.2 Å². The van der Waals surface area contributed by atoms with Crippen LogP contribution in [-0.4, -0.2) is 37.7 Å². The van der Waals surface area contributed by atoms with Gasteiger partial charge in [-0.1, -0.05) is 0 Å². The molecule has 1 aromatic rings. The molecule has 1 saturated heterocycles. The standard InChI is InChI=1S/C14H19F3N2O/c1-20-6-5-19-4-2-3-12(18)14(19)9-7-10(15)13(17)11(16)8-9/h7-8,12,14H,2-6,18H2,1H3. The fraction of sp³-hybridized carbons (Fsp3) is 0.571. The zero-order valence-electron chi connectivity index (χ0n) is 11.4. The molecule has 112 valence electrons.